The summed E-state index contributed by atoms with van der Waals surface area (Å²) < 4.78 is 28.8. The molecule has 2 heterocycles. The number of pyridine rings is 1. The van der Waals surface area contributed by atoms with E-state index in [0.717, 1.165) is 0 Å². The van der Waals surface area contributed by atoms with Crippen LogP contribution >= 0.6 is 46.4 Å². The fourth-order valence-electron chi connectivity index (χ4n) is 2.24. The average Bonchev–Trinajstić information content (AvgIpc) is 2.92. The number of sulfonamides is 1. The second-order valence-corrected chi connectivity index (χ2v) is 8.62. The van der Waals surface area contributed by atoms with E-state index in [0.29, 0.717) is 32.8 Å². The highest BCUT2D eigenvalue weighted by atomic mass is 35.5. The van der Waals surface area contributed by atoms with Gasteiger partial charge in [-0.1, -0.05) is 46.4 Å². The molecule has 132 valence electrons. The molecule has 0 aliphatic carbocycles. The van der Waals surface area contributed by atoms with Crippen molar-refractivity contribution in [2.45, 2.75) is 11.3 Å². The van der Waals surface area contributed by atoms with Crippen LogP contribution in [0.4, 0.5) is 0 Å². The van der Waals surface area contributed by atoms with Crippen molar-refractivity contribution < 1.29 is 8.42 Å². The summed E-state index contributed by atoms with van der Waals surface area (Å²) in [6.07, 6.45) is 3.82. The molecule has 3 aromatic rings. The van der Waals surface area contributed by atoms with E-state index in [1.165, 1.54) is 18.2 Å². The summed E-state index contributed by atoms with van der Waals surface area (Å²) in [5.74, 6) is 0. The van der Waals surface area contributed by atoms with Gasteiger partial charge < -0.3 is 4.40 Å². The number of rotatable bonds is 5. The number of aromatic nitrogens is 2. The van der Waals surface area contributed by atoms with Crippen LogP contribution in [0.1, 0.15) is 5.69 Å². The van der Waals surface area contributed by atoms with Gasteiger partial charge in [0.1, 0.15) is 0 Å². The van der Waals surface area contributed by atoms with E-state index in [1.54, 1.807) is 22.9 Å². The molecule has 0 radical (unpaired) electrons. The monoisotopic (exact) mass is 437 g/mol. The number of hydrogen-bond donors (Lipinski definition) is 1. The van der Waals surface area contributed by atoms with Gasteiger partial charge in [0, 0.05) is 25.4 Å². The first-order valence-corrected chi connectivity index (χ1v) is 10.0. The number of halogens is 4. The summed E-state index contributed by atoms with van der Waals surface area (Å²) in [6, 6.07) is 5.73. The van der Waals surface area contributed by atoms with Crippen molar-refractivity contribution in [2.75, 3.05) is 6.54 Å². The van der Waals surface area contributed by atoms with Crippen LogP contribution in [0.25, 0.3) is 5.65 Å². The summed E-state index contributed by atoms with van der Waals surface area (Å²) in [5, 5.41) is 1.38. The number of benzene rings is 1. The van der Waals surface area contributed by atoms with E-state index in [4.69, 9.17) is 46.4 Å². The summed E-state index contributed by atoms with van der Waals surface area (Å²) >= 11 is 23.7. The van der Waals surface area contributed by atoms with Crippen molar-refractivity contribution in [3.8, 4) is 0 Å². The predicted molar refractivity (Wildman–Crippen MR) is 101 cm³/mol. The molecule has 5 nitrogen and oxygen atoms in total. The van der Waals surface area contributed by atoms with Gasteiger partial charge in [-0.05, 0) is 24.3 Å². The Bertz CT molecular complexity index is 1050. The molecule has 0 unspecified atom stereocenters. The molecular weight excluding hydrogens is 428 g/mol. The van der Waals surface area contributed by atoms with Crippen LogP contribution in [0.5, 0.6) is 0 Å². The van der Waals surface area contributed by atoms with Crippen LogP contribution in [0.2, 0.25) is 20.1 Å². The Balaban J connectivity index is 1.71. The van der Waals surface area contributed by atoms with Crippen molar-refractivity contribution in [1.29, 1.82) is 0 Å². The molecule has 0 spiro atoms. The van der Waals surface area contributed by atoms with Gasteiger partial charge in [0.25, 0.3) is 0 Å². The van der Waals surface area contributed by atoms with Crippen molar-refractivity contribution in [1.82, 2.24) is 14.1 Å². The molecule has 3 rings (SSSR count). The van der Waals surface area contributed by atoms with Gasteiger partial charge in [0.15, 0.2) is 5.65 Å². The van der Waals surface area contributed by atoms with Gasteiger partial charge in [-0.2, -0.15) is 0 Å². The Hall–Kier alpha value is -1.02. The number of nitrogens with zero attached hydrogens (tertiary/aromatic N) is 2. The lowest BCUT2D eigenvalue weighted by atomic mass is 10.3. The molecule has 0 saturated heterocycles. The van der Waals surface area contributed by atoms with Crippen LogP contribution in [0.15, 0.2) is 41.6 Å². The maximum Gasteiger partial charge on any atom is 0.240 e. The molecule has 0 fully saturated rings. The van der Waals surface area contributed by atoms with Crippen molar-refractivity contribution in [3.05, 3.63) is 62.4 Å². The maximum atomic E-state index is 12.3. The Morgan fingerprint density at radius 1 is 1.00 bits per heavy atom. The van der Waals surface area contributed by atoms with Crippen molar-refractivity contribution in [3.63, 3.8) is 0 Å². The Morgan fingerprint density at radius 2 is 1.76 bits per heavy atom. The van der Waals surface area contributed by atoms with Gasteiger partial charge in [-0.3, -0.25) is 0 Å². The number of nitrogens with one attached hydrogen (secondary N) is 1. The predicted octanol–water partition coefficient (Wildman–Crippen LogP) is 4.47. The summed E-state index contributed by atoms with van der Waals surface area (Å²) in [7, 11) is -3.69. The van der Waals surface area contributed by atoms with Crippen molar-refractivity contribution in [2.24, 2.45) is 0 Å². The third-order valence-electron chi connectivity index (χ3n) is 3.40. The molecule has 10 heteroatoms. The molecule has 0 amide bonds. The number of imidazole rings is 1. The van der Waals surface area contributed by atoms with E-state index in [-0.39, 0.29) is 16.5 Å². The smallest absolute Gasteiger partial charge is 0.240 e. The highest BCUT2D eigenvalue weighted by Gasteiger charge is 2.15. The SMILES string of the molecule is O=S(=O)(NCCc1cn2cc(Cl)cc(Cl)c2n1)c1ccc(Cl)c(Cl)c1. The zero-order valence-electron chi connectivity index (χ0n) is 12.5. The Labute approximate surface area is 164 Å². The zero-order valence-corrected chi connectivity index (χ0v) is 16.3. The standard InChI is InChI=1S/C15H11Cl4N3O2S/c16-9-5-14(19)15-21-10(8-22(15)7-9)3-4-20-25(23,24)11-1-2-12(17)13(18)6-11/h1-2,5-8,20H,3-4H2. The lowest BCUT2D eigenvalue weighted by molar-refractivity contribution is 0.581. The minimum atomic E-state index is -3.69. The largest absolute Gasteiger partial charge is 0.304 e. The summed E-state index contributed by atoms with van der Waals surface area (Å²) in [6.45, 7) is 0.164. The minimum absolute atomic E-state index is 0.0479. The van der Waals surface area contributed by atoms with Gasteiger partial charge in [-0.25, -0.2) is 18.1 Å². The molecule has 0 aliphatic heterocycles. The van der Waals surface area contributed by atoms with E-state index < -0.39 is 10.0 Å². The quantitative estimate of drug-likeness (QED) is 0.639. The molecular formula is C15H11Cl4N3O2S. The third kappa shape index (κ3) is 4.22. The number of hydrogen-bond acceptors (Lipinski definition) is 3. The second kappa shape index (κ2) is 7.31. The first-order chi connectivity index (χ1) is 11.8. The van der Waals surface area contributed by atoms with E-state index in [1.807, 2.05) is 0 Å². The van der Waals surface area contributed by atoms with Crippen LogP contribution < -0.4 is 4.72 Å². The van der Waals surface area contributed by atoms with E-state index >= 15 is 0 Å². The lowest BCUT2D eigenvalue weighted by Crippen LogP contribution is -2.26. The highest BCUT2D eigenvalue weighted by molar-refractivity contribution is 7.89. The molecule has 1 aromatic carbocycles. The first kappa shape index (κ1) is 18.8. The zero-order chi connectivity index (χ0) is 18.2. The highest BCUT2D eigenvalue weighted by Crippen LogP contribution is 2.25. The molecule has 0 saturated carbocycles. The fraction of sp³-hybridized carbons (Fsp3) is 0.133. The van der Waals surface area contributed by atoms with Gasteiger partial charge in [-0.15, -0.1) is 0 Å². The average molecular weight is 439 g/mol. The molecule has 25 heavy (non-hydrogen) atoms. The van der Waals surface area contributed by atoms with Crippen LogP contribution in [-0.4, -0.2) is 24.3 Å². The third-order valence-corrected chi connectivity index (χ3v) is 6.08. The lowest BCUT2D eigenvalue weighted by Gasteiger charge is -2.06. The maximum absolute atomic E-state index is 12.3. The van der Waals surface area contributed by atoms with Gasteiger partial charge in [0.05, 0.1) is 30.7 Å². The molecule has 0 atom stereocenters. The van der Waals surface area contributed by atoms with Crippen LogP contribution in [0, 0.1) is 0 Å². The van der Waals surface area contributed by atoms with Gasteiger partial charge in [0.2, 0.25) is 10.0 Å². The molecule has 0 bridgehead atoms. The van der Waals surface area contributed by atoms with Crippen molar-refractivity contribution >= 4 is 62.1 Å². The molecule has 0 aliphatic rings. The Kier molecular flexibility index (Phi) is 5.48. The first-order valence-electron chi connectivity index (χ1n) is 7.03. The van der Waals surface area contributed by atoms with E-state index in [2.05, 4.69) is 9.71 Å². The normalized spacial score (nSPS) is 12.0. The minimum Gasteiger partial charge on any atom is -0.304 e. The second-order valence-electron chi connectivity index (χ2n) is 5.19. The molecule has 2 aromatic heterocycles. The number of fused-ring (bicyclic) bond motifs is 1. The van der Waals surface area contributed by atoms with Crippen LogP contribution in [0.3, 0.4) is 0 Å². The summed E-state index contributed by atoms with van der Waals surface area (Å²) in [5.41, 5.74) is 1.24. The molecule has 1 N–H and O–H groups in total. The van der Waals surface area contributed by atoms with E-state index in [9.17, 15) is 8.42 Å². The van der Waals surface area contributed by atoms with Gasteiger partial charge >= 0.3 is 0 Å². The van der Waals surface area contributed by atoms with Crippen LogP contribution in [-0.2, 0) is 16.4 Å². The fourth-order valence-corrected chi connectivity index (χ4v) is 4.18. The summed E-state index contributed by atoms with van der Waals surface area (Å²) in [4.78, 5) is 4.42. The Morgan fingerprint density at radius 3 is 2.48 bits per heavy atom. The topological polar surface area (TPSA) is 63.5 Å².